The minimum absolute atomic E-state index is 0.00730. The second kappa shape index (κ2) is 5.41. The topological polar surface area (TPSA) is 48.1 Å². The van der Waals surface area contributed by atoms with Gasteiger partial charge in [-0.15, -0.1) is 0 Å². The number of epoxide rings is 1. The maximum absolute atomic E-state index is 11.3. The van der Waals surface area contributed by atoms with Crippen LogP contribution in [0.25, 0.3) is 0 Å². The molecule has 0 N–H and O–H groups in total. The van der Waals surface area contributed by atoms with Gasteiger partial charge in [-0.25, -0.2) is 0 Å². The first kappa shape index (κ1) is 14.8. The molecule has 0 saturated carbocycles. The number of hydrogen-bond acceptors (Lipinski definition) is 4. The number of rotatable bonds is 6. The first-order valence-corrected chi connectivity index (χ1v) is 7.41. The molecule has 0 amide bonds. The minimum Gasteiger partial charge on any atom is -0.459 e. The zero-order valence-corrected chi connectivity index (χ0v) is 12.5. The molecule has 2 rings (SSSR count). The Balaban J connectivity index is 1.96. The Labute approximate surface area is 115 Å². The van der Waals surface area contributed by atoms with E-state index in [1.54, 1.807) is 0 Å². The first-order valence-electron chi connectivity index (χ1n) is 7.41. The zero-order valence-electron chi connectivity index (χ0n) is 12.5. The molecule has 2 aliphatic rings. The van der Waals surface area contributed by atoms with Crippen LogP contribution in [0.4, 0.5) is 0 Å². The molecule has 4 nitrogen and oxygen atoms in total. The zero-order chi connectivity index (χ0) is 14.1. The lowest BCUT2D eigenvalue weighted by atomic mass is 9.87. The van der Waals surface area contributed by atoms with Gasteiger partial charge in [-0.1, -0.05) is 6.92 Å². The van der Waals surface area contributed by atoms with Crippen LogP contribution >= 0.6 is 0 Å². The average Bonchev–Trinajstić information content (AvgIpc) is 2.78. The monoisotopic (exact) mass is 270 g/mol. The van der Waals surface area contributed by atoms with Gasteiger partial charge in [-0.2, -0.15) is 0 Å². The highest BCUT2D eigenvalue weighted by Crippen LogP contribution is 2.45. The van der Waals surface area contributed by atoms with Crippen LogP contribution in [-0.2, 0) is 19.0 Å². The van der Waals surface area contributed by atoms with Gasteiger partial charge < -0.3 is 14.2 Å². The number of ether oxygens (including phenoxy) is 3. The molecule has 0 spiro atoms. The molecule has 0 bridgehead atoms. The standard InChI is InChI=1S/C15H26O4/c1-5-15(11(2)19-15)9-7-13(18-12(3)16)14(4)8-6-10-17-14/h11,13H,5-10H2,1-4H3/t11-,13-,14+,15-/m1/s1. The Bertz CT molecular complexity index is 331. The average molecular weight is 270 g/mol. The van der Waals surface area contributed by atoms with Crippen LogP contribution in [-0.4, -0.2) is 36.0 Å². The first-order chi connectivity index (χ1) is 8.92. The smallest absolute Gasteiger partial charge is 0.303 e. The third-order valence-electron chi connectivity index (χ3n) is 4.76. The van der Waals surface area contributed by atoms with E-state index >= 15 is 0 Å². The van der Waals surface area contributed by atoms with Crippen LogP contribution < -0.4 is 0 Å². The van der Waals surface area contributed by atoms with Crippen molar-refractivity contribution in [2.24, 2.45) is 0 Å². The normalized spacial score (nSPS) is 39.1. The van der Waals surface area contributed by atoms with E-state index in [-0.39, 0.29) is 23.3 Å². The van der Waals surface area contributed by atoms with Crippen molar-refractivity contribution in [2.45, 2.75) is 83.2 Å². The summed E-state index contributed by atoms with van der Waals surface area (Å²) in [7, 11) is 0. The van der Waals surface area contributed by atoms with Gasteiger partial charge in [-0.05, 0) is 46.0 Å². The van der Waals surface area contributed by atoms with Crippen molar-refractivity contribution in [3.63, 3.8) is 0 Å². The molecule has 0 aromatic rings. The molecule has 4 heteroatoms. The third-order valence-corrected chi connectivity index (χ3v) is 4.76. The fraction of sp³-hybridized carbons (Fsp3) is 0.933. The van der Waals surface area contributed by atoms with Crippen LogP contribution in [0.1, 0.15) is 59.8 Å². The van der Waals surface area contributed by atoms with Crippen LogP contribution in [0, 0.1) is 0 Å². The maximum atomic E-state index is 11.3. The van der Waals surface area contributed by atoms with Gasteiger partial charge in [0.25, 0.3) is 0 Å². The highest BCUT2D eigenvalue weighted by Gasteiger charge is 2.52. The molecule has 2 aliphatic heterocycles. The highest BCUT2D eigenvalue weighted by atomic mass is 16.6. The SMILES string of the molecule is CC[C@]1(CC[C@@H](OC(C)=O)[C@]2(C)CCCO2)O[C@@H]1C. The molecular weight excluding hydrogens is 244 g/mol. The molecule has 0 radical (unpaired) electrons. The lowest BCUT2D eigenvalue weighted by Gasteiger charge is -2.33. The fourth-order valence-electron chi connectivity index (χ4n) is 3.25. The van der Waals surface area contributed by atoms with Gasteiger partial charge in [0, 0.05) is 13.5 Å². The lowest BCUT2D eigenvalue weighted by Crippen LogP contribution is -2.42. The summed E-state index contributed by atoms with van der Waals surface area (Å²) in [6, 6.07) is 0. The molecule has 2 saturated heterocycles. The Morgan fingerprint density at radius 1 is 1.53 bits per heavy atom. The molecule has 2 heterocycles. The van der Waals surface area contributed by atoms with E-state index in [0.29, 0.717) is 6.10 Å². The Morgan fingerprint density at radius 2 is 2.21 bits per heavy atom. The minimum atomic E-state index is -0.321. The summed E-state index contributed by atoms with van der Waals surface area (Å²) in [6.45, 7) is 8.55. The van der Waals surface area contributed by atoms with E-state index in [1.807, 2.05) is 0 Å². The van der Waals surface area contributed by atoms with Gasteiger partial charge in [0.2, 0.25) is 0 Å². The van der Waals surface area contributed by atoms with Gasteiger partial charge in [0.15, 0.2) is 0 Å². The summed E-state index contributed by atoms with van der Waals surface area (Å²) in [5.41, 5.74) is -0.313. The number of carbonyl (C=O) groups excluding carboxylic acids is 1. The Hall–Kier alpha value is -0.610. The predicted octanol–water partition coefficient (Wildman–Crippen LogP) is 2.83. The second-order valence-electron chi connectivity index (χ2n) is 6.08. The summed E-state index contributed by atoms with van der Waals surface area (Å²) in [4.78, 5) is 11.3. The van der Waals surface area contributed by atoms with Crippen molar-refractivity contribution in [3.8, 4) is 0 Å². The van der Waals surface area contributed by atoms with E-state index in [2.05, 4.69) is 20.8 Å². The third kappa shape index (κ3) is 3.11. The summed E-state index contributed by atoms with van der Waals surface area (Å²) in [5.74, 6) is -0.225. The summed E-state index contributed by atoms with van der Waals surface area (Å²) in [6.07, 6.45) is 4.93. The highest BCUT2D eigenvalue weighted by molar-refractivity contribution is 5.66. The Kier molecular flexibility index (Phi) is 4.21. The summed E-state index contributed by atoms with van der Waals surface area (Å²) < 4.78 is 17.1. The maximum Gasteiger partial charge on any atom is 0.303 e. The fourth-order valence-corrected chi connectivity index (χ4v) is 3.25. The molecular formula is C15H26O4. The van der Waals surface area contributed by atoms with Gasteiger partial charge in [0.1, 0.15) is 11.7 Å². The summed E-state index contributed by atoms with van der Waals surface area (Å²) >= 11 is 0. The molecule has 4 atom stereocenters. The molecule has 0 aromatic carbocycles. The number of hydrogen-bond donors (Lipinski definition) is 0. The van der Waals surface area contributed by atoms with Crippen molar-refractivity contribution in [1.29, 1.82) is 0 Å². The van der Waals surface area contributed by atoms with Crippen molar-refractivity contribution in [3.05, 3.63) is 0 Å². The van der Waals surface area contributed by atoms with E-state index in [0.717, 1.165) is 38.7 Å². The van der Waals surface area contributed by atoms with E-state index in [9.17, 15) is 4.79 Å². The second-order valence-corrected chi connectivity index (χ2v) is 6.08. The molecule has 2 fully saturated rings. The van der Waals surface area contributed by atoms with Crippen molar-refractivity contribution >= 4 is 5.97 Å². The largest absolute Gasteiger partial charge is 0.459 e. The van der Waals surface area contributed by atoms with E-state index in [4.69, 9.17) is 14.2 Å². The van der Waals surface area contributed by atoms with Crippen molar-refractivity contribution < 1.29 is 19.0 Å². The van der Waals surface area contributed by atoms with Crippen LogP contribution in [0.3, 0.4) is 0 Å². The lowest BCUT2D eigenvalue weighted by molar-refractivity contribution is -0.164. The molecule has 0 unspecified atom stereocenters. The van der Waals surface area contributed by atoms with Crippen molar-refractivity contribution in [1.82, 2.24) is 0 Å². The van der Waals surface area contributed by atoms with E-state index < -0.39 is 0 Å². The van der Waals surface area contributed by atoms with E-state index in [1.165, 1.54) is 6.92 Å². The molecule has 110 valence electrons. The molecule has 19 heavy (non-hydrogen) atoms. The number of carbonyl (C=O) groups is 1. The van der Waals surface area contributed by atoms with Crippen molar-refractivity contribution in [2.75, 3.05) is 6.61 Å². The van der Waals surface area contributed by atoms with Crippen LogP contribution in [0.15, 0.2) is 0 Å². The molecule has 0 aliphatic carbocycles. The summed E-state index contributed by atoms with van der Waals surface area (Å²) in [5, 5.41) is 0. The van der Waals surface area contributed by atoms with Gasteiger partial charge in [-0.3, -0.25) is 4.79 Å². The Morgan fingerprint density at radius 3 is 2.63 bits per heavy atom. The van der Waals surface area contributed by atoms with Crippen LogP contribution in [0.2, 0.25) is 0 Å². The molecule has 0 aromatic heterocycles. The van der Waals surface area contributed by atoms with Crippen LogP contribution in [0.5, 0.6) is 0 Å². The quantitative estimate of drug-likeness (QED) is 0.550. The predicted molar refractivity (Wildman–Crippen MR) is 71.9 cm³/mol. The van der Waals surface area contributed by atoms with Gasteiger partial charge >= 0.3 is 5.97 Å². The number of esters is 1. The van der Waals surface area contributed by atoms with Gasteiger partial charge in [0.05, 0.1) is 11.7 Å².